The van der Waals surface area contributed by atoms with Crippen molar-refractivity contribution < 1.29 is 23.9 Å². The van der Waals surface area contributed by atoms with E-state index in [-0.39, 0.29) is 10.3 Å². The van der Waals surface area contributed by atoms with Crippen LogP contribution in [0.2, 0.25) is 0 Å². The molecule has 228 valence electrons. The van der Waals surface area contributed by atoms with E-state index in [0.717, 1.165) is 22.7 Å². The molecule has 0 bridgehead atoms. The van der Waals surface area contributed by atoms with Crippen molar-refractivity contribution in [1.82, 2.24) is 39.0 Å². The highest BCUT2D eigenvalue weighted by atomic mass is 32.1. The number of pyridine rings is 2. The van der Waals surface area contributed by atoms with Gasteiger partial charge in [-0.25, -0.2) is 34.8 Å². The van der Waals surface area contributed by atoms with E-state index in [9.17, 15) is 14.4 Å². The SMILES string of the molecule is CNc1nc2sc(N(C(=O)[C@](C)(COC(C)=O)OC(C)=O)c3nc4c(nc(NC)c5ncn(C)c54)s3)nc2c2c1ncn2C. The normalized spacial score (nSPS) is 13.0. The van der Waals surface area contributed by atoms with Crippen molar-refractivity contribution in [1.29, 1.82) is 0 Å². The molecule has 16 nitrogen and oxygen atoms in total. The predicted molar refractivity (Wildman–Crippen MR) is 166 cm³/mol. The average molecular weight is 638 g/mol. The van der Waals surface area contributed by atoms with Gasteiger partial charge in [0.25, 0.3) is 5.91 Å². The molecular formula is C26H27N11O5S2. The van der Waals surface area contributed by atoms with Gasteiger partial charge in [0, 0.05) is 42.0 Å². The lowest BCUT2D eigenvalue weighted by molar-refractivity contribution is -0.173. The summed E-state index contributed by atoms with van der Waals surface area (Å²) in [5.74, 6) is -1.04. The summed E-state index contributed by atoms with van der Waals surface area (Å²) in [5, 5.41) is 6.52. The first-order valence-corrected chi connectivity index (χ1v) is 14.8. The Morgan fingerprint density at radius 2 is 1.30 bits per heavy atom. The molecule has 0 unspecified atom stereocenters. The van der Waals surface area contributed by atoms with Crippen molar-refractivity contribution in [3.05, 3.63) is 12.7 Å². The van der Waals surface area contributed by atoms with Gasteiger partial charge in [0.05, 0.1) is 12.7 Å². The molecule has 6 aromatic rings. The topological polar surface area (TPSA) is 184 Å². The zero-order valence-corrected chi connectivity index (χ0v) is 26.4. The van der Waals surface area contributed by atoms with E-state index in [0.29, 0.717) is 54.4 Å². The molecule has 18 heteroatoms. The van der Waals surface area contributed by atoms with Crippen LogP contribution >= 0.6 is 22.7 Å². The number of anilines is 4. The quantitative estimate of drug-likeness (QED) is 0.232. The Bertz CT molecular complexity index is 2010. The van der Waals surface area contributed by atoms with Crippen molar-refractivity contribution in [3.8, 4) is 0 Å². The van der Waals surface area contributed by atoms with Gasteiger partial charge in [0.15, 0.2) is 11.6 Å². The second-order valence-corrected chi connectivity index (χ2v) is 12.0. The summed E-state index contributed by atoms with van der Waals surface area (Å²) >= 11 is 2.28. The van der Waals surface area contributed by atoms with Gasteiger partial charge in [-0.05, 0) is 6.92 Å². The van der Waals surface area contributed by atoms with Crippen molar-refractivity contribution in [2.45, 2.75) is 26.4 Å². The summed E-state index contributed by atoms with van der Waals surface area (Å²) < 4.78 is 14.3. The number of nitrogens with one attached hydrogen (secondary N) is 2. The number of carbonyl (C=O) groups is 3. The molecule has 6 heterocycles. The van der Waals surface area contributed by atoms with Gasteiger partial charge in [-0.2, -0.15) is 0 Å². The molecule has 0 aliphatic heterocycles. The first-order chi connectivity index (χ1) is 20.9. The van der Waals surface area contributed by atoms with Crippen LogP contribution in [0, 0.1) is 0 Å². The Labute approximate surface area is 257 Å². The monoisotopic (exact) mass is 637 g/mol. The lowest BCUT2D eigenvalue weighted by atomic mass is 10.1. The minimum atomic E-state index is -1.93. The minimum Gasteiger partial charge on any atom is -0.461 e. The third kappa shape index (κ3) is 4.62. The summed E-state index contributed by atoms with van der Waals surface area (Å²) in [5.41, 5.74) is 1.73. The number of nitrogens with zero attached hydrogens (tertiary/aromatic N) is 9. The standard InChI is InChI=1S/C26H27N11O5S2/c1-11(38)41-8-26(3,42-12(2)39)23(40)37(24-31-15-17-13(29-9-35(17)6)19(27-4)33-21(15)43-24)25-32-16-18-14(30-10-36(18)7)20(28-5)34-22(16)44-25/h9-10H,8H2,1-7H3,(H,27,33)(H,28,34)/t26-/m0/s1. The Morgan fingerprint density at radius 3 is 1.70 bits per heavy atom. The molecule has 0 aliphatic carbocycles. The van der Waals surface area contributed by atoms with Gasteiger partial charge in [0.1, 0.15) is 49.4 Å². The van der Waals surface area contributed by atoms with Crippen LogP contribution in [-0.2, 0) is 38.0 Å². The molecule has 0 spiro atoms. The largest absolute Gasteiger partial charge is 0.461 e. The Balaban J connectivity index is 1.62. The lowest BCUT2D eigenvalue weighted by Gasteiger charge is -2.30. The number of thiazole rings is 2. The maximum Gasteiger partial charge on any atom is 0.303 e. The number of imidazole rings is 2. The van der Waals surface area contributed by atoms with Crippen LogP contribution < -0.4 is 15.5 Å². The fourth-order valence-electron chi connectivity index (χ4n) is 4.86. The van der Waals surface area contributed by atoms with Crippen molar-refractivity contribution in [2.75, 3.05) is 36.2 Å². The summed E-state index contributed by atoms with van der Waals surface area (Å²) in [7, 11) is 7.16. The van der Waals surface area contributed by atoms with Crippen LogP contribution in [0.15, 0.2) is 12.7 Å². The zero-order chi connectivity index (χ0) is 31.5. The summed E-state index contributed by atoms with van der Waals surface area (Å²) in [4.78, 5) is 68.9. The van der Waals surface area contributed by atoms with Gasteiger partial charge in [-0.1, -0.05) is 22.7 Å². The number of carbonyl (C=O) groups excluding carboxylic acids is 3. The smallest absolute Gasteiger partial charge is 0.303 e. The van der Waals surface area contributed by atoms with E-state index in [1.807, 2.05) is 23.2 Å². The maximum atomic E-state index is 14.6. The van der Waals surface area contributed by atoms with Crippen LogP contribution in [0.4, 0.5) is 21.9 Å². The van der Waals surface area contributed by atoms with E-state index in [2.05, 4.69) is 20.6 Å². The molecule has 0 aliphatic rings. The van der Waals surface area contributed by atoms with Crippen LogP contribution in [0.3, 0.4) is 0 Å². The zero-order valence-electron chi connectivity index (χ0n) is 24.7. The Morgan fingerprint density at radius 1 is 0.818 bits per heavy atom. The number of hydrogen-bond donors (Lipinski definition) is 2. The maximum absolute atomic E-state index is 14.6. The molecular weight excluding hydrogens is 610 g/mol. The van der Waals surface area contributed by atoms with E-state index in [1.54, 1.807) is 26.7 Å². The third-order valence-electron chi connectivity index (χ3n) is 6.83. The summed E-state index contributed by atoms with van der Waals surface area (Å²) in [6.07, 6.45) is 3.31. The highest BCUT2D eigenvalue weighted by Gasteiger charge is 2.45. The van der Waals surface area contributed by atoms with Gasteiger partial charge in [-0.15, -0.1) is 0 Å². The molecule has 6 aromatic heterocycles. The third-order valence-corrected chi connectivity index (χ3v) is 8.69. The van der Waals surface area contributed by atoms with Gasteiger partial charge in [0.2, 0.25) is 15.9 Å². The Hall–Kier alpha value is -4.97. The number of fused-ring (bicyclic) bond motifs is 6. The fraction of sp³-hybridized carbons (Fsp3) is 0.346. The molecule has 0 saturated heterocycles. The van der Waals surface area contributed by atoms with Crippen LogP contribution in [0.1, 0.15) is 20.8 Å². The number of aryl methyl sites for hydroxylation is 2. The van der Waals surface area contributed by atoms with Gasteiger partial charge in [-0.3, -0.25) is 14.4 Å². The van der Waals surface area contributed by atoms with Gasteiger partial charge >= 0.3 is 11.9 Å². The number of esters is 2. The molecule has 0 aromatic carbocycles. The first kappa shape index (κ1) is 29.1. The highest BCUT2D eigenvalue weighted by Crippen LogP contribution is 2.42. The van der Waals surface area contributed by atoms with Crippen molar-refractivity contribution in [2.24, 2.45) is 14.1 Å². The number of aromatic nitrogens is 8. The molecule has 1 atom stereocenters. The van der Waals surface area contributed by atoms with Crippen molar-refractivity contribution >= 4 is 105 Å². The number of rotatable bonds is 8. The predicted octanol–water partition coefficient (Wildman–Crippen LogP) is 3.10. The molecule has 6 rings (SSSR count). The lowest BCUT2D eigenvalue weighted by Crippen LogP contribution is -2.51. The molecule has 2 N–H and O–H groups in total. The molecule has 0 saturated carbocycles. The number of ether oxygens (including phenoxy) is 2. The second-order valence-electron chi connectivity index (χ2n) is 10.1. The van der Waals surface area contributed by atoms with Crippen LogP contribution in [0.5, 0.6) is 0 Å². The molecule has 0 fully saturated rings. The van der Waals surface area contributed by atoms with Crippen molar-refractivity contribution in [3.63, 3.8) is 0 Å². The fourth-order valence-corrected chi connectivity index (χ4v) is 6.81. The molecule has 1 amide bonds. The highest BCUT2D eigenvalue weighted by molar-refractivity contribution is 7.24. The molecule has 0 radical (unpaired) electrons. The van der Waals surface area contributed by atoms with Gasteiger partial charge < -0.3 is 29.2 Å². The van der Waals surface area contributed by atoms with E-state index in [4.69, 9.17) is 29.4 Å². The first-order valence-electron chi connectivity index (χ1n) is 13.2. The summed E-state index contributed by atoms with van der Waals surface area (Å²) in [6, 6.07) is 0. The number of amides is 1. The summed E-state index contributed by atoms with van der Waals surface area (Å²) in [6.45, 7) is 3.21. The van der Waals surface area contributed by atoms with E-state index in [1.165, 1.54) is 25.7 Å². The van der Waals surface area contributed by atoms with E-state index < -0.39 is 30.1 Å². The second kappa shape index (κ2) is 10.6. The average Bonchev–Trinajstić information content (AvgIpc) is 3.76. The van der Waals surface area contributed by atoms with E-state index >= 15 is 0 Å². The van der Waals surface area contributed by atoms with Crippen LogP contribution in [0.25, 0.3) is 42.8 Å². The number of hydrogen-bond acceptors (Lipinski definition) is 15. The molecule has 44 heavy (non-hydrogen) atoms. The minimum absolute atomic E-state index is 0.198. The Kier molecular flexibility index (Phi) is 7.04. The van der Waals surface area contributed by atoms with Crippen LogP contribution in [-0.4, -0.2) is 83.2 Å².